The number of aryl methyl sites for hydroxylation is 1. The SMILES string of the molecule is Cc1ccc(O)c(C(=O)NCC(c2ccccc2Cl)N(C)C)c1. The van der Waals surface area contributed by atoms with Gasteiger partial charge in [-0.1, -0.05) is 41.4 Å². The largest absolute Gasteiger partial charge is 0.507 e. The number of carbonyl (C=O) groups is 1. The number of amides is 1. The van der Waals surface area contributed by atoms with Crippen molar-refractivity contribution in [3.05, 3.63) is 64.2 Å². The second-order valence-electron chi connectivity index (χ2n) is 5.73. The number of phenolic OH excluding ortho intramolecular Hbond substituents is 1. The molecule has 1 atom stereocenters. The number of carbonyl (C=O) groups excluding carboxylic acids is 1. The topological polar surface area (TPSA) is 52.6 Å². The maximum absolute atomic E-state index is 12.3. The minimum absolute atomic E-state index is 0.0211. The molecule has 2 aromatic rings. The molecule has 5 heteroatoms. The predicted molar refractivity (Wildman–Crippen MR) is 93.1 cm³/mol. The summed E-state index contributed by atoms with van der Waals surface area (Å²) in [5, 5.41) is 13.4. The number of phenols is 1. The number of likely N-dealkylation sites (N-methyl/N-ethyl adjacent to an activating group) is 1. The molecule has 0 spiro atoms. The molecule has 122 valence electrons. The predicted octanol–water partition coefficient (Wildman–Crippen LogP) is 3.39. The first kappa shape index (κ1) is 17.3. The van der Waals surface area contributed by atoms with Gasteiger partial charge in [0.15, 0.2) is 0 Å². The van der Waals surface area contributed by atoms with Gasteiger partial charge in [0.2, 0.25) is 0 Å². The van der Waals surface area contributed by atoms with Gasteiger partial charge in [-0.15, -0.1) is 0 Å². The van der Waals surface area contributed by atoms with E-state index in [1.54, 1.807) is 12.1 Å². The Balaban J connectivity index is 2.15. The van der Waals surface area contributed by atoms with Gasteiger partial charge in [0.05, 0.1) is 11.6 Å². The van der Waals surface area contributed by atoms with Crippen LogP contribution in [0.3, 0.4) is 0 Å². The molecule has 2 rings (SSSR count). The number of aromatic hydroxyl groups is 1. The summed E-state index contributed by atoms with van der Waals surface area (Å²) < 4.78 is 0. The molecule has 0 radical (unpaired) electrons. The van der Waals surface area contributed by atoms with E-state index in [4.69, 9.17) is 11.6 Å². The zero-order valence-electron chi connectivity index (χ0n) is 13.5. The van der Waals surface area contributed by atoms with E-state index in [9.17, 15) is 9.90 Å². The molecule has 0 bridgehead atoms. The van der Waals surface area contributed by atoms with Crippen molar-refractivity contribution in [1.82, 2.24) is 10.2 Å². The van der Waals surface area contributed by atoms with E-state index in [0.29, 0.717) is 11.6 Å². The molecule has 23 heavy (non-hydrogen) atoms. The number of hydrogen-bond donors (Lipinski definition) is 2. The lowest BCUT2D eigenvalue weighted by molar-refractivity contribution is 0.0939. The molecule has 0 saturated heterocycles. The van der Waals surface area contributed by atoms with Crippen molar-refractivity contribution in [3.63, 3.8) is 0 Å². The van der Waals surface area contributed by atoms with Gasteiger partial charge in [0.25, 0.3) is 5.91 Å². The molecule has 2 aromatic carbocycles. The molecule has 0 aromatic heterocycles. The van der Waals surface area contributed by atoms with Gasteiger partial charge in [0, 0.05) is 11.6 Å². The van der Waals surface area contributed by atoms with Crippen molar-refractivity contribution in [2.75, 3.05) is 20.6 Å². The summed E-state index contributed by atoms with van der Waals surface area (Å²) in [5.41, 5.74) is 2.15. The summed E-state index contributed by atoms with van der Waals surface area (Å²) in [6.45, 7) is 2.27. The first-order valence-electron chi connectivity index (χ1n) is 7.39. The molecule has 0 aliphatic rings. The van der Waals surface area contributed by atoms with Crippen LogP contribution in [0.15, 0.2) is 42.5 Å². The van der Waals surface area contributed by atoms with Gasteiger partial charge in [-0.2, -0.15) is 0 Å². The van der Waals surface area contributed by atoms with Crippen LogP contribution in [-0.2, 0) is 0 Å². The van der Waals surface area contributed by atoms with Crippen LogP contribution in [0.1, 0.15) is 27.5 Å². The molecule has 0 aliphatic heterocycles. The van der Waals surface area contributed by atoms with Gasteiger partial charge in [0.1, 0.15) is 5.75 Å². The van der Waals surface area contributed by atoms with Crippen molar-refractivity contribution >= 4 is 17.5 Å². The van der Waals surface area contributed by atoms with Crippen molar-refractivity contribution in [3.8, 4) is 5.75 Å². The Morgan fingerprint density at radius 2 is 1.96 bits per heavy atom. The maximum Gasteiger partial charge on any atom is 0.255 e. The third-order valence-corrected chi connectivity index (χ3v) is 4.08. The molecule has 0 aliphatic carbocycles. The van der Waals surface area contributed by atoms with Crippen molar-refractivity contribution in [2.45, 2.75) is 13.0 Å². The normalized spacial score (nSPS) is 12.2. The lowest BCUT2D eigenvalue weighted by Gasteiger charge is -2.26. The second kappa shape index (κ2) is 7.49. The average molecular weight is 333 g/mol. The van der Waals surface area contributed by atoms with Gasteiger partial charge < -0.3 is 15.3 Å². The lowest BCUT2D eigenvalue weighted by Crippen LogP contribution is -2.34. The van der Waals surface area contributed by atoms with Crippen LogP contribution >= 0.6 is 11.6 Å². The number of benzene rings is 2. The minimum atomic E-state index is -0.301. The van der Waals surface area contributed by atoms with E-state index < -0.39 is 0 Å². The summed E-state index contributed by atoms with van der Waals surface area (Å²) in [4.78, 5) is 14.3. The van der Waals surface area contributed by atoms with Gasteiger partial charge in [-0.05, 0) is 44.8 Å². The zero-order chi connectivity index (χ0) is 17.0. The molecule has 2 N–H and O–H groups in total. The third-order valence-electron chi connectivity index (χ3n) is 3.74. The highest BCUT2D eigenvalue weighted by Gasteiger charge is 2.19. The quantitative estimate of drug-likeness (QED) is 0.882. The summed E-state index contributed by atoms with van der Waals surface area (Å²) in [7, 11) is 3.87. The van der Waals surface area contributed by atoms with E-state index in [0.717, 1.165) is 11.1 Å². The Hall–Kier alpha value is -2.04. The molecular formula is C18H21ClN2O2. The van der Waals surface area contributed by atoms with Crippen LogP contribution in [0.5, 0.6) is 5.75 Å². The van der Waals surface area contributed by atoms with Gasteiger partial charge >= 0.3 is 0 Å². The van der Waals surface area contributed by atoms with Crippen LogP contribution in [0.2, 0.25) is 5.02 Å². The second-order valence-corrected chi connectivity index (χ2v) is 6.14. The van der Waals surface area contributed by atoms with E-state index >= 15 is 0 Å². The van der Waals surface area contributed by atoms with Gasteiger partial charge in [-0.25, -0.2) is 0 Å². The van der Waals surface area contributed by atoms with E-state index in [2.05, 4.69) is 5.32 Å². The number of halogens is 1. The third kappa shape index (κ3) is 4.24. The van der Waals surface area contributed by atoms with Crippen LogP contribution < -0.4 is 5.32 Å². The van der Waals surface area contributed by atoms with Crippen molar-refractivity contribution in [2.24, 2.45) is 0 Å². The standard InChI is InChI=1S/C18H21ClN2O2/c1-12-8-9-17(22)14(10-12)18(23)20-11-16(21(2)3)13-6-4-5-7-15(13)19/h4-10,16,22H,11H2,1-3H3,(H,20,23). The number of nitrogens with zero attached hydrogens (tertiary/aromatic N) is 1. The van der Waals surface area contributed by atoms with E-state index in [1.165, 1.54) is 6.07 Å². The van der Waals surface area contributed by atoms with Crippen molar-refractivity contribution in [1.29, 1.82) is 0 Å². The summed E-state index contributed by atoms with van der Waals surface area (Å²) in [6, 6.07) is 12.5. The maximum atomic E-state index is 12.3. The summed E-state index contributed by atoms with van der Waals surface area (Å²) in [6.07, 6.45) is 0. The fourth-order valence-electron chi connectivity index (χ4n) is 2.43. The summed E-state index contributed by atoms with van der Waals surface area (Å²) in [5.74, 6) is -0.322. The summed E-state index contributed by atoms with van der Waals surface area (Å²) >= 11 is 6.26. The fraction of sp³-hybridized carbons (Fsp3) is 0.278. The zero-order valence-corrected chi connectivity index (χ0v) is 14.3. The fourth-order valence-corrected chi connectivity index (χ4v) is 2.69. The minimum Gasteiger partial charge on any atom is -0.507 e. The highest BCUT2D eigenvalue weighted by molar-refractivity contribution is 6.31. The molecule has 0 saturated carbocycles. The molecule has 0 fully saturated rings. The Labute approximate surface area is 141 Å². The van der Waals surface area contributed by atoms with Crippen LogP contribution in [-0.4, -0.2) is 36.6 Å². The highest BCUT2D eigenvalue weighted by Crippen LogP contribution is 2.26. The van der Waals surface area contributed by atoms with E-state index in [-0.39, 0.29) is 23.3 Å². The Morgan fingerprint density at radius 1 is 1.26 bits per heavy atom. The molecule has 4 nitrogen and oxygen atoms in total. The lowest BCUT2D eigenvalue weighted by atomic mass is 10.1. The first-order valence-corrected chi connectivity index (χ1v) is 7.76. The van der Waals surface area contributed by atoms with Crippen LogP contribution in [0.4, 0.5) is 0 Å². The smallest absolute Gasteiger partial charge is 0.255 e. The molecule has 1 amide bonds. The molecule has 0 heterocycles. The number of rotatable bonds is 5. The average Bonchev–Trinajstić information content (AvgIpc) is 2.51. The van der Waals surface area contributed by atoms with Crippen LogP contribution in [0, 0.1) is 6.92 Å². The monoisotopic (exact) mass is 332 g/mol. The Kier molecular flexibility index (Phi) is 5.64. The Bertz CT molecular complexity index is 701. The van der Waals surface area contributed by atoms with Crippen molar-refractivity contribution < 1.29 is 9.90 Å². The first-order chi connectivity index (χ1) is 10.9. The number of nitrogens with one attached hydrogen (secondary N) is 1. The van der Waals surface area contributed by atoms with E-state index in [1.807, 2.05) is 50.2 Å². The van der Waals surface area contributed by atoms with Gasteiger partial charge in [-0.3, -0.25) is 4.79 Å². The van der Waals surface area contributed by atoms with Crippen LogP contribution in [0.25, 0.3) is 0 Å². The number of hydrogen-bond acceptors (Lipinski definition) is 3. The molecule has 1 unspecified atom stereocenters. The molecular weight excluding hydrogens is 312 g/mol. The highest BCUT2D eigenvalue weighted by atomic mass is 35.5. The Morgan fingerprint density at radius 3 is 2.61 bits per heavy atom.